The molecule has 184 valence electrons. The van der Waals surface area contributed by atoms with Crippen molar-refractivity contribution in [3.8, 4) is 0 Å². The zero-order valence-electron chi connectivity index (χ0n) is 19.1. The number of benzene rings is 3. The van der Waals surface area contributed by atoms with Gasteiger partial charge in [-0.05, 0) is 36.4 Å². The van der Waals surface area contributed by atoms with Gasteiger partial charge in [-0.2, -0.15) is 0 Å². The molecular weight excluding hydrogens is 466 g/mol. The number of hydrogen-bond donors (Lipinski definition) is 1. The predicted octanol–water partition coefficient (Wildman–Crippen LogP) is 3.52. The normalized spacial score (nSPS) is 20.3. The molecule has 3 aromatic carbocycles. The molecule has 1 N–H and O–H groups in total. The number of hydrogen-bond acceptors (Lipinski definition) is 9. The molecule has 0 aliphatic carbocycles. The van der Waals surface area contributed by atoms with E-state index in [2.05, 4.69) is 5.16 Å². The molecule has 4 rings (SSSR count). The molecule has 1 saturated heterocycles. The summed E-state index contributed by atoms with van der Waals surface area (Å²) in [5.41, 5.74) is 0.770. The molecule has 0 radical (unpaired) electrons. The van der Waals surface area contributed by atoms with Gasteiger partial charge in [-0.25, -0.2) is 14.4 Å². The molecule has 36 heavy (non-hydrogen) atoms. The Labute approximate surface area is 206 Å². The van der Waals surface area contributed by atoms with Crippen molar-refractivity contribution in [2.75, 3.05) is 13.2 Å². The van der Waals surface area contributed by atoms with E-state index in [1.807, 2.05) is 0 Å². The Bertz CT molecular complexity index is 1210. The lowest BCUT2D eigenvalue weighted by Gasteiger charge is -2.36. The Morgan fingerprint density at radius 1 is 0.750 bits per heavy atom. The lowest BCUT2D eigenvalue weighted by Crippen LogP contribution is -2.56. The summed E-state index contributed by atoms with van der Waals surface area (Å²) in [6.07, 6.45) is -3.57. The van der Waals surface area contributed by atoms with Crippen molar-refractivity contribution in [2.45, 2.75) is 18.3 Å². The van der Waals surface area contributed by atoms with Crippen molar-refractivity contribution in [1.82, 2.24) is 0 Å². The van der Waals surface area contributed by atoms with Crippen molar-refractivity contribution in [3.05, 3.63) is 108 Å². The zero-order valence-corrected chi connectivity index (χ0v) is 19.1. The van der Waals surface area contributed by atoms with Gasteiger partial charge in [0.1, 0.15) is 18.4 Å². The van der Waals surface area contributed by atoms with Crippen LogP contribution in [-0.4, -0.2) is 60.4 Å². The number of nitrogens with zero attached hydrogens (tertiary/aromatic N) is 1. The molecule has 1 aliphatic heterocycles. The van der Waals surface area contributed by atoms with E-state index in [-0.39, 0.29) is 30.1 Å². The van der Waals surface area contributed by atoms with Gasteiger partial charge in [-0.15, -0.1) is 0 Å². The summed E-state index contributed by atoms with van der Waals surface area (Å²) < 4.78 is 22.4. The summed E-state index contributed by atoms with van der Waals surface area (Å²) >= 11 is 0. The molecule has 1 aliphatic rings. The molecule has 3 atom stereocenters. The largest absolute Gasteiger partial charge is 0.459 e. The quantitative estimate of drug-likeness (QED) is 0.232. The molecule has 0 spiro atoms. The highest BCUT2D eigenvalue weighted by Crippen LogP contribution is 2.23. The third-order valence-electron chi connectivity index (χ3n) is 5.45. The minimum atomic E-state index is -1.29. The molecule has 0 amide bonds. The van der Waals surface area contributed by atoms with E-state index in [0.717, 1.165) is 0 Å². The van der Waals surface area contributed by atoms with E-state index < -0.39 is 36.2 Å². The highest BCUT2D eigenvalue weighted by Gasteiger charge is 2.45. The second-order valence-corrected chi connectivity index (χ2v) is 7.83. The highest BCUT2D eigenvalue weighted by molar-refractivity contribution is 5.96. The molecule has 3 aromatic rings. The molecular formula is C27H23NO8. The summed E-state index contributed by atoms with van der Waals surface area (Å²) in [6, 6.07) is 24.7. The van der Waals surface area contributed by atoms with Gasteiger partial charge in [-0.1, -0.05) is 59.8 Å². The number of carbonyl (C=O) groups is 3. The van der Waals surface area contributed by atoms with Crippen molar-refractivity contribution >= 4 is 23.6 Å². The third kappa shape index (κ3) is 5.94. The van der Waals surface area contributed by atoms with Gasteiger partial charge in [0.25, 0.3) is 0 Å². The van der Waals surface area contributed by atoms with Gasteiger partial charge in [0, 0.05) is 0 Å². The second kappa shape index (κ2) is 11.8. The number of esters is 3. The Hall–Kier alpha value is -4.50. The molecule has 1 heterocycles. The molecule has 0 unspecified atom stereocenters. The van der Waals surface area contributed by atoms with Crippen LogP contribution in [0.15, 0.2) is 96.2 Å². The minimum absolute atomic E-state index is 0.0595. The van der Waals surface area contributed by atoms with Gasteiger partial charge in [-0.3, -0.25) is 0 Å². The molecule has 0 aromatic heterocycles. The van der Waals surface area contributed by atoms with Crippen LogP contribution in [0.2, 0.25) is 0 Å². The smallest absolute Gasteiger partial charge is 0.338 e. The number of carbonyl (C=O) groups excluding carboxylic acids is 3. The van der Waals surface area contributed by atoms with Gasteiger partial charge in [0.15, 0.2) is 12.2 Å². The fourth-order valence-corrected chi connectivity index (χ4v) is 3.59. The van der Waals surface area contributed by atoms with E-state index in [1.165, 1.54) is 0 Å². The Kier molecular flexibility index (Phi) is 8.05. The topological polar surface area (TPSA) is 121 Å². The highest BCUT2D eigenvalue weighted by atomic mass is 16.6. The predicted molar refractivity (Wildman–Crippen MR) is 127 cm³/mol. The van der Waals surface area contributed by atoms with E-state index in [4.69, 9.17) is 18.9 Å². The van der Waals surface area contributed by atoms with E-state index >= 15 is 0 Å². The number of rotatable bonds is 7. The first-order valence-electron chi connectivity index (χ1n) is 11.1. The molecule has 0 saturated carbocycles. The van der Waals surface area contributed by atoms with Crippen LogP contribution in [0.3, 0.4) is 0 Å². The summed E-state index contributed by atoms with van der Waals surface area (Å²) in [5.74, 6) is -2.04. The first kappa shape index (κ1) is 24.6. The summed E-state index contributed by atoms with van der Waals surface area (Å²) in [6.45, 7) is -0.547. The third-order valence-corrected chi connectivity index (χ3v) is 5.45. The number of oxime groups is 1. The summed E-state index contributed by atoms with van der Waals surface area (Å²) in [4.78, 5) is 38.2. The average molecular weight is 489 g/mol. The molecule has 9 heteroatoms. The maximum Gasteiger partial charge on any atom is 0.338 e. The van der Waals surface area contributed by atoms with Crippen LogP contribution in [0.4, 0.5) is 0 Å². The van der Waals surface area contributed by atoms with Gasteiger partial charge >= 0.3 is 17.9 Å². The molecule has 0 bridgehead atoms. The maximum atomic E-state index is 12.9. The van der Waals surface area contributed by atoms with E-state index in [1.54, 1.807) is 91.0 Å². The fraction of sp³-hybridized carbons (Fsp3) is 0.185. The van der Waals surface area contributed by atoms with Crippen molar-refractivity contribution in [2.24, 2.45) is 5.16 Å². The van der Waals surface area contributed by atoms with Crippen LogP contribution in [0.1, 0.15) is 31.1 Å². The average Bonchev–Trinajstić information content (AvgIpc) is 2.94. The Morgan fingerprint density at radius 3 is 1.72 bits per heavy atom. The lowest BCUT2D eigenvalue weighted by atomic mass is 10.00. The van der Waals surface area contributed by atoms with Crippen molar-refractivity contribution in [1.29, 1.82) is 0 Å². The Balaban J connectivity index is 1.58. The van der Waals surface area contributed by atoms with Gasteiger partial charge in [0.2, 0.25) is 0 Å². The van der Waals surface area contributed by atoms with Crippen LogP contribution in [0, 0.1) is 0 Å². The summed E-state index contributed by atoms with van der Waals surface area (Å²) in [5, 5.41) is 12.8. The zero-order chi connectivity index (χ0) is 25.3. The van der Waals surface area contributed by atoms with Crippen LogP contribution >= 0.6 is 0 Å². The van der Waals surface area contributed by atoms with Gasteiger partial charge < -0.3 is 24.2 Å². The van der Waals surface area contributed by atoms with Crippen molar-refractivity contribution in [3.63, 3.8) is 0 Å². The first-order valence-corrected chi connectivity index (χ1v) is 11.1. The van der Waals surface area contributed by atoms with E-state index in [9.17, 15) is 19.6 Å². The molecule has 1 fully saturated rings. The summed E-state index contributed by atoms with van der Waals surface area (Å²) in [7, 11) is 0. The fourth-order valence-electron chi connectivity index (χ4n) is 3.59. The lowest BCUT2D eigenvalue weighted by molar-refractivity contribution is -0.114. The maximum absolute atomic E-state index is 12.9. The first-order chi connectivity index (χ1) is 17.6. The van der Waals surface area contributed by atoms with Crippen LogP contribution in [0.25, 0.3) is 0 Å². The standard InChI is InChI=1S/C27H23NO8/c29-25(18-10-4-1-5-11-18)34-17-22-24(36-27(31)20-14-8-3-9-15-20)23(21(28-32)16-33-22)35-26(30)19-12-6-2-7-13-19/h1-15,22-24,32H,16-17H2/b28-21+/t22-,23-,24-/m1/s1. The Morgan fingerprint density at radius 2 is 1.22 bits per heavy atom. The number of ether oxygens (including phenoxy) is 4. The van der Waals surface area contributed by atoms with E-state index in [0.29, 0.717) is 5.56 Å². The SMILES string of the molecule is O=C(OC[C@H]1OC/C(=N\O)[C@@H](OC(=O)c2ccccc2)[C@@H]1OC(=O)c1ccccc1)c1ccccc1. The monoisotopic (exact) mass is 489 g/mol. The van der Waals surface area contributed by atoms with Gasteiger partial charge in [0.05, 0.1) is 23.3 Å². The molecule has 9 nitrogen and oxygen atoms in total. The minimum Gasteiger partial charge on any atom is -0.459 e. The van der Waals surface area contributed by atoms with Crippen LogP contribution in [-0.2, 0) is 18.9 Å². The van der Waals surface area contributed by atoms with Crippen molar-refractivity contribution < 1.29 is 38.5 Å². The second-order valence-electron chi connectivity index (χ2n) is 7.83. The van der Waals surface area contributed by atoms with Crippen LogP contribution in [0.5, 0.6) is 0 Å². The van der Waals surface area contributed by atoms with Crippen LogP contribution < -0.4 is 0 Å².